The maximum atomic E-state index is 13.5. The summed E-state index contributed by atoms with van der Waals surface area (Å²) in [7, 11) is -6.84. The van der Waals surface area contributed by atoms with Crippen LogP contribution in [0, 0.1) is 0 Å². The molecule has 0 fully saturated rings. The van der Waals surface area contributed by atoms with Gasteiger partial charge in [0.2, 0.25) is 0 Å². The first-order valence-corrected chi connectivity index (χ1v) is 20.7. The van der Waals surface area contributed by atoms with E-state index in [0.29, 0.717) is 18.7 Å². The normalized spacial score (nSPS) is 20.4. The van der Waals surface area contributed by atoms with Crippen molar-refractivity contribution in [1.82, 2.24) is 24.2 Å². The van der Waals surface area contributed by atoms with Gasteiger partial charge in [-0.15, -0.1) is 0 Å². The zero-order valence-electron chi connectivity index (χ0n) is 28.7. The second-order valence-corrected chi connectivity index (χ2v) is 17.7. The fourth-order valence-corrected chi connectivity index (χ4v) is 10.9. The number of carbonyl (C=O) groups excluding carboxylic acids is 2. The van der Waals surface area contributed by atoms with Gasteiger partial charge in [-0.05, 0) is 128 Å². The minimum Gasteiger partial charge on any atom is -0.307 e. The van der Waals surface area contributed by atoms with E-state index in [1.54, 1.807) is 5.01 Å². The first-order valence-electron chi connectivity index (χ1n) is 17.7. The van der Waals surface area contributed by atoms with Crippen LogP contribution in [0.3, 0.4) is 0 Å². The van der Waals surface area contributed by atoms with Crippen LogP contribution in [0.4, 0.5) is 21.0 Å². The van der Waals surface area contributed by atoms with Crippen molar-refractivity contribution >= 4 is 48.5 Å². The maximum Gasteiger partial charge on any atom is 0.333 e. The number of aryl methyl sites for hydroxylation is 4. The van der Waals surface area contributed by atoms with Crippen molar-refractivity contribution in [3.8, 4) is 0 Å². The number of benzene rings is 2. The van der Waals surface area contributed by atoms with Crippen molar-refractivity contribution in [3.63, 3.8) is 0 Å². The molecule has 0 spiro atoms. The molecular formula is C35H42N8O6S2. The molecule has 0 saturated heterocycles. The molecule has 1 aliphatic heterocycles. The third-order valence-electron chi connectivity index (χ3n) is 11.1. The van der Waals surface area contributed by atoms with E-state index in [2.05, 4.69) is 42.4 Å². The molecule has 5 aliphatic rings. The lowest BCUT2D eigenvalue weighted by Crippen LogP contribution is -2.38. The topological polar surface area (TPSA) is 184 Å². The van der Waals surface area contributed by atoms with Gasteiger partial charge in [0.05, 0.1) is 12.2 Å². The number of nitrogens with one attached hydrogen (secondary N) is 4. The Labute approximate surface area is 297 Å². The number of sulfonamides is 2. The van der Waals surface area contributed by atoms with Crippen molar-refractivity contribution in [1.29, 1.82) is 0 Å². The fourth-order valence-electron chi connectivity index (χ4n) is 8.74. The van der Waals surface area contributed by atoms with Gasteiger partial charge < -0.3 is 10.6 Å². The minimum absolute atomic E-state index is 0.0134. The van der Waals surface area contributed by atoms with E-state index < -0.39 is 32.1 Å². The number of urea groups is 2. The first-order chi connectivity index (χ1) is 24.4. The van der Waals surface area contributed by atoms with Crippen LogP contribution < -0.4 is 20.1 Å². The molecule has 0 radical (unpaired) electrons. The van der Waals surface area contributed by atoms with E-state index >= 15 is 0 Å². The number of amides is 4. The monoisotopic (exact) mass is 734 g/mol. The largest absolute Gasteiger partial charge is 0.333 e. The molecule has 3 aromatic rings. The predicted molar refractivity (Wildman–Crippen MR) is 192 cm³/mol. The SMILES string of the molecule is CC1CC(S(=O)(=O)NC(=O)Nc2c3c(cc4c2CCC4)CCC3)=NN1CC1CCc2c1cc1c(c2NC(=O)NS(=O)(=O)c2ccnn2C)CCC1. The quantitative estimate of drug-likeness (QED) is 0.293. The summed E-state index contributed by atoms with van der Waals surface area (Å²) in [6, 6.07) is 3.95. The van der Waals surface area contributed by atoms with Crippen LogP contribution in [0.5, 0.6) is 0 Å². The zero-order valence-corrected chi connectivity index (χ0v) is 30.3. The molecule has 0 saturated carbocycles. The highest BCUT2D eigenvalue weighted by molar-refractivity contribution is 8.05. The average Bonchev–Trinajstić information content (AvgIpc) is 3.90. The number of aromatic nitrogens is 2. The smallest absolute Gasteiger partial charge is 0.307 e. The second-order valence-electron chi connectivity index (χ2n) is 14.4. The highest BCUT2D eigenvalue weighted by Gasteiger charge is 2.37. The maximum absolute atomic E-state index is 13.5. The van der Waals surface area contributed by atoms with Gasteiger partial charge in [0.1, 0.15) is 0 Å². The lowest BCUT2D eigenvalue weighted by Gasteiger charge is -2.25. The minimum atomic E-state index is -4.19. The number of rotatable bonds is 6. The molecule has 4 amide bonds. The van der Waals surface area contributed by atoms with Gasteiger partial charge in [-0.2, -0.15) is 27.0 Å². The third-order valence-corrected chi connectivity index (χ3v) is 13.8. The summed E-state index contributed by atoms with van der Waals surface area (Å²) < 4.78 is 58.2. The molecule has 8 rings (SSSR count). The van der Waals surface area contributed by atoms with Crippen molar-refractivity contribution in [2.75, 3.05) is 17.2 Å². The molecule has 270 valence electrons. The summed E-state index contributed by atoms with van der Waals surface area (Å²) in [5, 5.41) is 15.8. The Morgan fingerprint density at radius 2 is 1.35 bits per heavy atom. The van der Waals surface area contributed by atoms with Crippen LogP contribution in [0.1, 0.15) is 89.5 Å². The molecular weight excluding hydrogens is 693 g/mol. The first kappa shape index (κ1) is 33.7. The van der Waals surface area contributed by atoms with Crippen molar-refractivity contribution in [2.45, 2.75) is 101 Å². The van der Waals surface area contributed by atoms with Gasteiger partial charge in [-0.1, -0.05) is 12.1 Å². The molecule has 2 heterocycles. The molecule has 2 atom stereocenters. The highest BCUT2D eigenvalue weighted by atomic mass is 32.2. The molecule has 2 aromatic carbocycles. The zero-order chi connectivity index (χ0) is 35.7. The van der Waals surface area contributed by atoms with Crippen molar-refractivity contribution in [2.24, 2.45) is 12.1 Å². The Bertz CT molecular complexity index is 2200. The van der Waals surface area contributed by atoms with Gasteiger partial charge in [0, 0.05) is 37.3 Å². The van der Waals surface area contributed by atoms with E-state index in [1.165, 1.54) is 35.1 Å². The fraction of sp³-hybridized carbons (Fsp3) is 0.486. The van der Waals surface area contributed by atoms with E-state index in [0.717, 1.165) is 103 Å². The number of hydrogen-bond acceptors (Lipinski definition) is 9. The van der Waals surface area contributed by atoms with Crippen LogP contribution >= 0.6 is 0 Å². The van der Waals surface area contributed by atoms with Crippen molar-refractivity contribution in [3.05, 3.63) is 68.9 Å². The third kappa shape index (κ3) is 6.15. The van der Waals surface area contributed by atoms with Crippen LogP contribution in [0.2, 0.25) is 0 Å². The van der Waals surface area contributed by atoms with Gasteiger partial charge in [-0.25, -0.2) is 19.0 Å². The standard InChI is InChI=1S/C35H42N8O6S2/c1-20-16-30(50(46,47)40-34(44)37-32-25-9-3-6-21(25)17-22-7-4-10-26(22)32)39-43(20)19-24-12-13-28-29(24)18-23-8-5-11-27(23)33(28)38-35(45)41-51(48,49)31-14-15-36-42(31)2/h14-15,17-18,20,24H,3-13,16,19H2,1-2H3,(H2,37,40,44)(H2,38,41,45). The van der Waals surface area contributed by atoms with E-state index in [9.17, 15) is 26.4 Å². The summed E-state index contributed by atoms with van der Waals surface area (Å²) >= 11 is 0. The summed E-state index contributed by atoms with van der Waals surface area (Å²) in [6.45, 7) is 2.38. The summed E-state index contributed by atoms with van der Waals surface area (Å²) in [5.41, 5.74) is 10.3. The molecule has 1 aromatic heterocycles. The Kier molecular flexibility index (Phi) is 8.36. The van der Waals surface area contributed by atoms with E-state index in [1.807, 2.05) is 6.92 Å². The summed E-state index contributed by atoms with van der Waals surface area (Å²) in [5.74, 6) is 0.0134. The van der Waals surface area contributed by atoms with Crippen LogP contribution in [-0.4, -0.2) is 61.3 Å². The van der Waals surface area contributed by atoms with Crippen LogP contribution in [-0.2, 0) is 72.0 Å². The number of fused-ring (bicyclic) bond motifs is 4. The lowest BCUT2D eigenvalue weighted by molar-refractivity contribution is 0.229. The molecule has 4 N–H and O–H groups in total. The number of nitrogens with zero attached hydrogens (tertiary/aromatic N) is 4. The summed E-state index contributed by atoms with van der Waals surface area (Å²) in [4.78, 5) is 26.3. The molecule has 4 aliphatic carbocycles. The Balaban J connectivity index is 0.974. The second kappa shape index (κ2) is 12.7. The highest BCUT2D eigenvalue weighted by Crippen LogP contribution is 2.44. The molecule has 51 heavy (non-hydrogen) atoms. The Morgan fingerprint density at radius 1 is 0.784 bits per heavy atom. The lowest BCUT2D eigenvalue weighted by atomic mass is 9.94. The Morgan fingerprint density at radius 3 is 1.94 bits per heavy atom. The molecule has 2 unspecified atom stereocenters. The number of hydrazone groups is 1. The van der Waals surface area contributed by atoms with Gasteiger partial charge >= 0.3 is 12.1 Å². The predicted octanol–water partition coefficient (Wildman–Crippen LogP) is 3.99. The number of carbonyl (C=O) groups is 2. The number of anilines is 2. The Hall–Kier alpha value is -4.44. The van der Waals surface area contributed by atoms with Gasteiger partial charge in [0.15, 0.2) is 10.1 Å². The van der Waals surface area contributed by atoms with Crippen LogP contribution in [0.15, 0.2) is 34.5 Å². The molecule has 16 heteroatoms. The van der Waals surface area contributed by atoms with Crippen LogP contribution in [0.25, 0.3) is 0 Å². The van der Waals surface area contributed by atoms with E-state index in [-0.39, 0.29) is 28.5 Å². The van der Waals surface area contributed by atoms with Gasteiger partial charge in [-0.3, -0.25) is 9.69 Å². The van der Waals surface area contributed by atoms with E-state index in [4.69, 9.17) is 0 Å². The van der Waals surface area contributed by atoms with Gasteiger partial charge in [0.25, 0.3) is 20.0 Å². The molecule has 14 nitrogen and oxygen atoms in total. The summed E-state index contributed by atoms with van der Waals surface area (Å²) in [6.07, 6.45) is 11.2. The number of hydrogen-bond donors (Lipinski definition) is 4. The molecule has 0 bridgehead atoms. The average molecular weight is 735 g/mol. The van der Waals surface area contributed by atoms with Crippen molar-refractivity contribution < 1.29 is 26.4 Å².